The van der Waals surface area contributed by atoms with Crippen molar-refractivity contribution in [3.63, 3.8) is 0 Å². The molecule has 3 heterocycles. The van der Waals surface area contributed by atoms with Crippen molar-refractivity contribution in [2.75, 3.05) is 6.61 Å². The summed E-state index contributed by atoms with van der Waals surface area (Å²) in [6, 6.07) is 29.9. The van der Waals surface area contributed by atoms with Crippen molar-refractivity contribution in [2.45, 2.75) is 43.4 Å². The van der Waals surface area contributed by atoms with Gasteiger partial charge in [0.2, 0.25) is 0 Å². The maximum atomic E-state index is 6.49. The summed E-state index contributed by atoms with van der Waals surface area (Å²) >= 11 is 1.67. The van der Waals surface area contributed by atoms with Crippen LogP contribution in [-0.4, -0.2) is 32.5 Å². The summed E-state index contributed by atoms with van der Waals surface area (Å²) in [6.45, 7) is 4.60. The third-order valence-electron chi connectivity index (χ3n) is 7.10. The zero-order valence-electron chi connectivity index (χ0n) is 20.9. The Bertz CT molecular complexity index is 1470. The summed E-state index contributed by atoms with van der Waals surface area (Å²) < 4.78 is 6.49. The van der Waals surface area contributed by atoms with Gasteiger partial charge in [0.25, 0.3) is 0 Å². The summed E-state index contributed by atoms with van der Waals surface area (Å²) in [6.07, 6.45) is 2.84. The van der Waals surface area contributed by atoms with Gasteiger partial charge in [0.05, 0.1) is 16.7 Å². The Morgan fingerprint density at radius 3 is 2.59 bits per heavy atom. The first kappa shape index (κ1) is 23.8. The van der Waals surface area contributed by atoms with E-state index in [-0.39, 0.29) is 0 Å². The van der Waals surface area contributed by atoms with Gasteiger partial charge >= 0.3 is 0 Å². The van der Waals surface area contributed by atoms with E-state index in [2.05, 4.69) is 87.4 Å². The number of hydrogen-bond donors (Lipinski definition) is 1. The van der Waals surface area contributed by atoms with E-state index in [0.29, 0.717) is 12.6 Å². The molecule has 3 aromatic carbocycles. The number of nitrogens with one attached hydrogen (secondary N) is 1. The number of aromatic amines is 1. The Balaban J connectivity index is 1.15. The molecule has 5 aromatic rings. The topological polar surface area (TPSA) is 54.0 Å². The maximum absolute atomic E-state index is 6.49. The number of aromatic nitrogens is 3. The summed E-state index contributed by atoms with van der Waals surface area (Å²) in [5.41, 5.74) is 8.34. The fourth-order valence-electron chi connectivity index (χ4n) is 4.99. The smallest absolute Gasteiger partial charge is 0.166 e. The van der Waals surface area contributed by atoms with Crippen LogP contribution in [0.4, 0.5) is 0 Å². The second-order valence-electron chi connectivity index (χ2n) is 9.56. The number of pyridine rings is 1. The Morgan fingerprint density at radius 1 is 0.946 bits per heavy atom. The number of imidazole rings is 1. The highest BCUT2D eigenvalue weighted by atomic mass is 32.2. The van der Waals surface area contributed by atoms with Crippen molar-refractivity contribution in [1.82, 2.24) is 19.9 Å². The lowest BCUT2D eigenvalue weighted by atomic mass is 9.94. The van der Waals surface area contributed by atoms with Crippen LogP contribution in [-0.2, 0) is 25.3 Å². The molecule has 5 nitrogen and oxygen atoms in total. The van der Waals surface area contributed by atoms with E-state index < -0.39 is 0 Å². The minimum Gasteiger partial charge on any atom is -0.492 e. The van der Waals surface area contributed by atoms with E-state index in [9.17, 15) is 0 Å². The van der Waals surface area contributed by atoms with Crippen LogP contribution in [0, 0.1) is 6.92 Å². The SMILES string of the molecule is Cc1c(OCC2Cc3ccccc3CN2Cc2ccccc2)ccnc1CSc1nc2ccccc2[nH]1. The first-order valence-electron chi connectivity index (χ1n) is 12.7. The van der Waals surface area contributed by atoms with Gasteiger partial charge in [0.1, 0.15) is 12.4 Å². The van der Waals surface area contributed by atoms with Crippen molar-refractivity contribution in [3.8, 4) is 5.75 Å². The highest BCUT2D eigenvalue weighted by Gasteiger charge is 2.27. The van der Waals surface area contributed by atoms with Gasteiger partial charge in [-0.1, -0.05) is 78.5 Å². The fourth-order valence-corrected chi connectivity index (χ4v) is 5.90. The molecular formula is C31H30N4OS. The van der Waals surface area contributed by atoms with Gasteiger partial charge in [-0.3, -0.25) is 9.88 Å². The standard InChI is InChI=1S/C31H30N4OS/c1-22-29(21-37-31-33-27-13-7-8-14-28(27)34-31)32-16-15-30(22)36-20-26-17-24-11-5-6-12-25(24)19-35(26)18-23-9-3-2-4-10-23/h2-16,26H,17-21H2,1H3,(H,33,34). The van der Waals surface area contributed by atoms with Crippen molar-refractivity contribution in [1.29, 1.82) is 0 Å². The molecule has 186 valence electrons. The van der Waals surface area contributed by atoms with Crippen LogP contribution in [0.25, 0.3) is 11.0 Å². The predicted molar refractivity (Wildman–Crippen MR) is 150 cm³/mol. The number of fused-ring (bicyclic) bond motifs is 2. The first-order valence-corrected chi connectivity index (χ1v) is 13.7. The minimum atomic E-state index is 0.302. The van der Waals surface area contributed by atoms with Crippen LogP contribution in [0.2, 0.25) is 0 Å². The van der Waals surface area contributed by atoms with Crippen LogP contribution in [0.5, 0.6) is 5.75 Å². The van der Waals surface area contributed by atoms with Gasteiger partial charge in [-0.25, -0.2) is 4.98 Å². The largest absolute Gasteiger partial charge is 0.492 e. The van der Waals surface area contributed by atoms with Crippen molar-refractivity contribution in [2.24, 2.45) is 0 Å². The number of thioether (sulfide) groups is 1. The van der Waals surface area contributed by atoms with Crippen LogP contribution in [0.15, 0.2) is 96.3 Å². The normalized spacial score (nSPS) is 15.5. The maximum Gasteiger partial charge on any atom is 0.166 e. The summed E-state index contributed by atoms with van der Waals surface area (Å²) in [4.78, 5) is 15.3. The summed E-state index contributed by atoms with van der Waals surface area (Å²) in [5, 5.41) is 0.908. The van der Waals surface area contributed by atoms with Crippen LogP contribution >= 0.6 is 11.8 Å². The molecule has 1 atom stereocenters. The zero-order chi connectivity index (χ0) is 25.0. The summed E-state index contributed by atoms with van der Waals surface area (Å²) in [5.74, 6) is 1.65. The second kappa shape index (κ2) is 10.8. The number of para-hydroxylation sites is 2. The van der Waals surface area contributed by atoms with E-state index in [1.165, 1.54) is 16.7 Å². The number of H-pyrrole nitrogens is 1. The number of benzene rings is 3. The molecule has 1 aliphatic heterocycles. The van der Waals surface area contributed by atoms with Crippen molar-refractivity contribution >= 4 is 22.8 Å². The van der Waals surface area contributed by atoms with Gasteiger partial charge < -0.3 is 9.72 Å². The predicted octanol–water partition coefficient (Wildman–Crippen LogP) is 6.56. The van der Waals surface area contributed by atoms with Gasteiger partial charge in [-0.05, 0) is 48.2 Å². The lowest BCUT2D eigenvalue weighted by Crippen LogP contribution is -2.43. The van der Waals surface area contributed by atoms with E-state index in [4.69, 9.17) is 4.74 Å². The highest BCUT2D eigenvalue weighted by Crippen LogP contribution is 2.29. The lowest BCUT2D eigenvalue weighted by Gasteiger charge is -2.37. The molecule has 37 heavy (non-hydrogen) atoms. The van der Waals surface area contributed by atoms with Gasteiger partial charge in [-0.2, -0.15) is 0 Å². The number of nitrogens with zero attached hydrogens (tertiary/aromatic N) is 3. The molecule has 0 radical (unpaired) electrons. The van der Waals surface area contributed by atoms with E-state index in [0.717, 1.165) is 58.5 Å². The second-order valence-corrected chi connectivity index (χ2v) is 10.5. The monoisotopic (exact) mass is 506 g/mol. The zero-order valence-corrected chi connectivity index (χ0v) is 21.7. The Kier molecular flexibility index (Phi) is 6.93. The third-order valence-corrected chi connectivity index (χ3v) is 7.98. The molecule has 0 fully saturated rings. The Labute approximate surface area is 221 Å². The van der Waals surface area contributed by atoms with Gasteiger partial charge in [0, 0.05) is 36.6 Å². The van der Waals surface area contributed by atoms with Crippen LogP contribution in [0.1, 0.15) is 27.9 Å². The van der Waals surface area contributed by atoms with Gasteiger partial charge in [0.15, 0.2) is 5.16 Å². The highest BCUT2D eigenvalue weighted by molar-refractivity contribution is 7.98. The molecule has 0 amide bonds. The molecule has 1 N–H and O–H groups in total. The number of rotatable bonds is 8. The molecule has 6 rings (SSSR count). The van der Waals surface area contributed by atoms with Crippen molar-refractivity contribution in [3.05, 3.63) is 119 Å². The quantitative estimate of drug-likeness (QED) is 0.241. The number of ether oxygens (including phenoxy) is 1. The van der Waals surface area contributed by atoms with E-state index in [1.54, 1.807) is 11.8 Å². The molecule has 2 aromatic heterocycles. The fraction of sp³-hybridized carbons (Fsp3) is 0.226. The molecule has 0 spiro atoms. The molecule has 0 saturated heterocycles. The third kappa shape index (κ3) is 5.41. The van der Waals surface area contributed by atoms with E-state index in [1.807, 2.05) is 30.5 Å². The average molecular weight is 507 g/mol. The van der Waals surface area contributed by atoms with Crippen LogP contribution < -0.4 is 4.74 Å². The Morgan fingerprint density at radius 2 is 1.73 bits per heavy atom. The average Bonchev–Trinajstić information content (AvgIpc) is 3.35. The molecule has 1 aliphatic rings. The molecule has 0 bridgehead atoms. The first-order chi connectivity index (χ1) is 18.2. The lowest BCUT2D eigenvalue weighted by molar-refractivity contribution is 0.109. The summed E-state index contributed by atoms with van der Waals surface area (Å²) in [7, 11) is 0. The number of hydrogen-bond acceptors (Lipinski definition) is 5. The Hall–Kier alpha value is -3.61. The van der Waals surface area contributed by atoms with E-state index >= 15 is 0 Å². The molecule has 0 aliphatic carbocycles. The molecular weight excluding hydrogens is 476 g/mol. The van der Waals surface area contributed by atoms with Gasteiger partial charge in [-0.15, -0.1) is 0 Å². The molecule has 1 unspecified atom stereocenters. The van der Waals surface area contributed by atoms with Crippen molar-refractivity contribution < 1.29 is 4.74 Å². The molecule has 0 saturated carbocycles. The van der Waals surface area contributed by atoms with Crippen LogP contribution in [0.3, 0.4) is 0 Å². The molecule has 6 heteroatoms. The minimum absolute atomic E-state index is 0.302.